The van der Waals surface area contributed by atoms with Gasteiger partial charge >= 0.3 is 19.6 Å². The van der Waals surface area contributed by atoms with Gasteiger partial charge in [0, 0.05) is 17.8 Å². The molecule has 3 aromatic rings. The molecule has 2 aromatic carbocycles. The van der Waals surface area contributed by atoms with E-state index in [2.05, 4.69) is 19.2 Å². The van der Waals surface area contributed by atoms with Crippen LogP contribution in [0.5, 0.6) is 28.9 Å². The number of hydrogen-bond donors (Lipinski definition) is 1. The van der Waals surface area contributed by atoms with Gasteiger partial charge < -0.3 is 24.1 Å². The normalized spacial score (nSPS) is 12.5. The third kappa shape index (κ3) is 7.13. The van der Waals surface area contributed by atoms with Crippen LogP contribution in [0.15, 0.2) is 60.8 Å². The second-order valence-corrected chi connectivity index (χ2v) is 6.42. The van der Waals surface area contributed by atoms with Crippen molar-refractivity contribution in [3.05, 3.63) is 71.9 Å². The minimum atomic E-state index is -4.83. The van der Waals surface area contributed by atoms with Gasteiger partial charge in [-0.05, 0) is 48.0 Å². The average Bonchev–Trinajstić information content (AvgIpc) is 2.75. The van der Waals surface area contributed by atoms with Crippen molar-refractivity contribution in [2.24, 2.45) is 0 Å². The number of aliphatic hydroxyl groups is 1. The van der Waals surface area contributed by atoms with Crippen LogP contribution in [0, 0.1) is 0 Å². The maximum atomic E-state index is 12.6. The summed E-state index contributed by atoms with van der Waals surface area (Å²) in [6.07, 6.45) is -5.04. The van der Waals surface area contributed by atoms with Crippen molar-refractivity contribution in [3.8, 4) is 28.9 Å². The molecule has 1 heterocycles. The van der Waals surface area contributed by atoms with E-state index in [4.69, 9.17) is 4.74 Å². The van der Waals surface area contributed by atoms with Crippen molar-refractivity contribution >= 4 is 0 Å². The third-order valence-electron chi connectivity index (χ3n) is 4.07. The molecule has 182 valence electrons. The molecule has 3 rings (SSSR count). The third-order valence-corrected chi connectivity index (χ3v) is 4.07. The van der Waals surface area contributed by atoms with E-state index < -0.39 is 42.9 Å². The average molecular weight is 493 g/mol. The molecule has 0 aliphatic carbocycles. The zero-order chi connectivity index (χ0) is 24.9. The highest BCUT2D eigenvalue weighted by Gasteiger charge is 2.31. The van der Waals surface area contributed by atoms with E-state index in [1.165, 1.54) is 36.5 Å². The molecule has 1 atom stereocenters. The lowest BCUT2D eigenvalue weighted by Crippen LogP contribution is -2.16. The van der Waals surface area contributed by atoms with Crippen molar-refractivity contribution in [3.63, 3.8) is 0 Å². The molecule has 0 spiro atoms. The van der Waals surface area contributed by atoms with Gasteiger partial charge in [-0.25, -0.2) is 4.98 Å². The van der Waals surface area contributed by atoms with Crippen molar-refractivity contribution in [2.45, 2.75) is 25.7 Å². The van der Waals surface area contributed by atoms with Gasteiger partial charge in [0.15, 0.2) is 11.5 Å². The topological polar surface area (TPSA) is 70.0 Å². The number of alkyl halides is 7. The second-order valence-electron chi connectivity index (χ2n) is 6.42. The molecule has 0 bridgehead atoms. The Balaban J connectivity index is 1.71. The number of hydrogen-bond acceptors (Lipinski definition) is 6. The quantitative estimate of drug-likeness (QED) is 0.366. The molecule has 0 aliphatic heterocycles. The fourth-order valence-corrected chi connectivity index (χ4v) is 2.71. The van der Waals surface area contributed by atoms with E-state index in [0.29, 0.717) is 0 Å². The molecule has 0 amide bonds. The summed E-state index contributed by atoms with van der Waals surface area (Å²) < 4.78 is 104. The first-order valence-corrected chi connectivity index (χ1v) is 9.21. The highest BCUT2D eigenvalue weighted by molar-refractivity contribution is 5.45. The summed E-state index contributed by atoms with van der Waals surface area (Å²) in [6, 6.07) is 10.3. The summed E-state index contributed by atoms with van der Waals surface area (Å²) in [5.41, 5.74) is 0.208. The Hall–Kier alpha value is -3.74. The zero-order valence-corrected chi connectivity index (χ0v) is 16.7. The maximum Gasteiger partial charge on any atom is 0.573 e. The molecule has 0 fully saturated rings. The Morgan fingerprint density at radius 3 is 1.88 bits per heavy atom. The summed E-state index contributed by atoms with van der Waals surface area (Å²) in [5, 5.41) is 10.5. The predicted molar refractivity (Wildman–Crippen MR) is 101 cm³/mol. The highest BCUT2D eigenvalue weighted by atomic mass is 19.4. The maximum absolute atomic E-state index is 12.6. The Bertz CT molecular complexity index is 1080. The first-order chi connectivity index (χ1) is 16.0. The molecule has 1 unspecified atom stereocenters. The molecule has 0 radical (unpaired) electrons. The summed E-state index contributed by atoms with van der Waals surface area (Å²) in [7, 11) is 0. The lowest BCUT2D eigenvalue weighted by Gasteiger charge is -2.16. The molecule has 1 aromatic heterocycles. The fourth-order valence-electron chi connectivity index (χ4n) is 2.71. The van der Waals surface area contributed by atoms with Crippen LogP contribution in [0.25, 0.3) is 0 Å². The summed E-state index contributed by atoms with van der Waals surface area (Å²) in [4.78, 5) is 3.96. The van der Waals surface area contributed by atoms with E-state index in [0.717, 1.165) is 24.3 Å². The van der Waals surface area contributed by atoms with Gasteiger partial charge in [-0.15, -0.1) is 13.2 Å². The van der Waals surface area contributed by atoms with Crippen LogP contribution in [-0.4, -0.2) is 29.7 Å². The number of halogens is 7. The Labute approximate surface area is 187 Å². The van der Waals surface area contributed by atoms with Gasteiger partial charge in [0.05, 0.1) is 0 Å². The zero-order valence-electron chi connectivity index (χ0n) is 16.7. The lowest BCUT2D eigenvalue weighted by molar-refractivity contribution is -0.274. The standard InChI is InChI=1S/C21H14F7NO5/c22-19(23)32-15-7-1-11(9-16(15)33-20(24)25)18(30)12-2-8-17(29-10-12)31-13-3-5-14(6-4-13)34-21(26,27)28/h1-10,18-20,30H. The Morgan fingerprint density at radius 2 is 1.32 bits per heavy atom. The molecule has 0 aliphatic rings. The Kier molecular flexibility index (Phi) is 7.66. The van der Waals surface area contributed by atoms with Crippen molar-refractivity contribution in [1.82, 2.24) is 4.98 Å². The van der Waals surface area contributed by atoms with Crippen LogP contribution in [0.1, 0.15) is 17.2 Å². The van der Waals surface area contributed by atoms with Crippen LogP contribution in [0.3, 0.4) is 0 Å². The summed E-state index contributed by atoms with van der Waals surface area (Å²) in [5.74, 6) is -1.59. The van der Waals surface area contributed by atoms with Gasteiger partial charge in [-0.2, -0.15) is 17.6 Å². The number of aromatic nitrogens is 1. The number of aliphatic hydroxyl groups excluding tert-OH is 1. The van der Waals surface area contributed by atoms with Gasteiger partial charge in [-0.3, -0.25) is 0 Å². The van der Waals surface area contributed by atoms with Gasteiger partial charge in [0.1, 0.15) is 17.6 Å². The highest BCUT2D eigenvalue weighted by Crippen LogP contribution is 2.35. The van der Waals surface area contributed by atoms with E-state index in [1.54, 1.807) is 0 Å². The van der Waals surface area contributed by atoms with Gasteiger partial charge in [0.2, 0.25) is 5.88 Å². The number of benzene rings is 2. The largest absolute Gasteiger partial charge is 0.573 e. The first kappa shape index (κ1) is 24.9. The van der Waals surface area contributed by atoms with Crippen molar-refractivity contribution < 1.29 is 54.8 Å². The molecular weight excluding hydrogens is 479 g/mol. The summed E-state index contributed by atoms with van der Waals surface area (Å²) in [6.45, 7) is -6.60. The van der Waals surface area contributed by atoms with Crippen LogP contribution in [-0.2, 0) is 0 Å². The Morgan fingerprint density at radius 1 is 0.735 bits per heavy atom. The minimum absolute atomic E-state index is 0.0213. The fraction of sp³-hybridized carbons (Fsp3) is 0.190. The van der Waals surface area contributed by atoms with E-state index in [1.807, 2.05) is 0 Å². The smallest absolute Gasteiger partial charge is 0.439 e. The lowest BCUT2D eigenvalue weighted by atomic mass is 10.0. The van der Waals surface area contributed by atoms with E-state index >= 15 is 0 Å². The molecule has 0 saturated heterocycles. The van der Waals surface area contributed by atoms with Crippen LogP contribution in [0.2, 0.25) is 0 Å². The van der Waals surface area contributed by atoms with Crippen LogP contribution < -0.4 is 18.9 Å². The van der Waals surface area contributed by atoms with Crippen molar-refractivity contribution in [1.29, 1.82) is 0 Å². The van der Waals surface area contributed by atoms with E-state index in [9.17, 15) is 35.8 Å². The first-order valence-electron chi connectivity index (χ1n) is 9.21. The number of rotatable bonds is 9. The predicted octanol–water partition coefficient (Wildman–Crippen LogP) is 6.06. The molecule has 34 heavy (non-hydrogen) atoms. The summed E-state index contributed by atoms with van der Waals surface area (Å²) >= 11 is 0. The monoisotopic (exact) mass is 493 g/mol. The molecule has 1 N–H and O–H groups in total. The molecule has 6 nitrogen and oxygen atoms in total. The SMILES string of the molecule is OC(c1ccc(Oc2ccc(OC(F)(F)F)cc2)nc1)c1ccc(OC(F)F)c(OC(F)F)c1. The van der Waals surface area contributed by atoms with Crippen LogP contribution in [0.4, 0.5) is 30.7 Å². The van der Waals surface area contributed by atoms with Gasteiger partial charge in [-0.1, -0.05) is 6.07 Å². The van der Waals surface area contributed by atoms with Crippen LogP contribution >= 0.6 is 0 Å². The van der Waals surface area contributed by atoms with E-state index in [-0.39, 0.29) is 22.8 Å². The van der Waals surface area contributed by atoms with Crippen molar-refractivity contribution in [2.75, 3.05) is 0 Å². The second kappa shape index (κ2) is 10.5. The molecule has 13 heteroatoms. The molecule has 0 saturated carbocycles. The number of pyridine rings is 1. The number of ether oxygens (including phenoxy) is 4. The van der Waals surface area contributed by atoms with Gasteiger partial charge in [0.25, 0.3) is 0 Å². The minimum Gasteiger partial charge on any atom is -0.439 e. The molecular formula is C21H14F7NO5. The number of nitrogens with zero attached hydrogens (tertiary/aromatic N) is 1.